The Labute approximate surface area is 259 Å². The highest BCUT2D eigenvalue weighted by atomic mass is 16.2. The molecule has 13 heteroatoms. The predicted octanol–water partition coefficient (Wildman–Crippen LogP) is 3.27. The Bertz CT molecular complexity index is 1900. The van der Waals surface area contributed by atoms with Gasteiger partial charge < -0.3 is 20.4 Å². The molecule has 1 unspecified atom stereocenters. The van der Waals surface area contributed by atoms with Gasteiger partial charge in [-0.3, -0.25) is 24.4 Å². The lowest BCUT2D eigenvalue weighted by atomic mass is 9.93. The Morgan fingerprint density at radius 3 is 2.71 bits per heavy atom. The quantitative estimate of drug-likeness (QED) is 0.279. The number of rotatable bonds is 6. The molecule has 228 valence electrons. The van der Waals surface area contributed by atoms with Crippen LogP contribution in [0.5, 0.6) is 0 Å². The minimum Gasteiger partial charge on any atom is -0.382 e. The molecule has 3 aliphatic rings. The van der Waals surface area contributed by atoms with Crippen molar-refractivity contribution in [2.24, 2.45) is 5.92 Å². The first-order valence-corrected chi connectivity index (χ1v) is 15.0. The molecule has 5 heterocycles. The van der Waals surface area contributed by atoms with Gasteiger partial charge >= 0.3 is 0 Å². The van der Waals surface area contributed by atoms with Crippen LogP contribution >= 0.6 is 0 Å². The maximum absolute atomic E-state index is 12.4. The molecule has 0 spiro atoms. The van der Waals surface area contributed by atoms with Crippen molar-refractivity contribution in [3.8, 4) is 6.07 Å². The molecule has 3 amide bonds. The molecule has 0 bridgehead atoms. The lowest BCUT2D eigenvalue weighted by Crippen LogP contribution is -2.46. The number of nitrogens with one attached hydrogen (secondary N) is 3. The highest BCUT2D eigenvalue weighted by Gasteiger charge is 2.31. The maximum atomic E-state index is 12.4. The van der Waals surface area contributed by atoms with Gasteiger partial charge in [-0.05, 0) is 60.7 Å². The summed E-state index contributed by atoms with van der Waals surface area (Å²) < 4.78 is 1.70. The average Bonchev–Trinajstić information content (AvgIpc) is 3.57. The second-order valence-electron chi connectivity index (χ2n) is 11.9. The van der Waals surface area contributed by atoms with E-state index in [-0.39, 0.29) is 29.7 Å². The summed E-state index contributed by atoms with van der Waals surface area (Å²) in [6.07, 6.45) is 5.25. The monoisotopic (exact) mass is 604 g/mol. The standard InChI is InChI=1S/C32H32N10O3/c1-18-17-41(32-34-15-21(14-33)30(39-32)37-23-3-5-25-19(11-23)13-29(44)40(25)2)10-9-24(18)36-22-4-6-26-20(12-22)16-35-42(26)27-7-8-28(43)38-31(27)45/h3-6,11-12,15-16,18,24,27,36H,7-10,13,17H2,1-2H3,(H,34,37,39)(H,38,43,45)/t18-,24-,27?/m1/s1. The largest absolute Gasteiger partial charge is 0.382 e. The second-order valence-corrected chi connectivity index (χ2v) is 11.9. The van der Waals surface area contributed by atoms with Crippen molar-refractivity contribution in [1.82, 2.24) is 25.1 Å². The van der Waals surface area contributed by atoms with E-state index >= 15 is 0 Å². The molecule has 2 aromatic carbocycles. The van der Waals surface area contributed by atoms with Gasteiger partial charge in [0.2, 0.25) is 17.8 Å². The molecule has 3 aliphatic heterocycles. The molecule has 2 saturated heterocycles. The highest BCUT2D eigenvalue weighted by molar-refractivity contribution is 6.01. The molecule has 2 aromatic heterocycles. The normalized spacial score (nSPS) is 21.4. The van der Waals surface area contributed by atoms with Gasteiger partial charge in [-0.2, -0.15) is 15.3 Å². The van der Waals surface area contributed by atoms with Crippen LogP contribution in [0.3, 0.4) is 0 Å². The summed E-state index contributed by atoms with van der Waals surface area (Å²) in [7, 11) is 1.77. The summed E-state index contributed by atoms with van der Waals surface area (Å²) >= 11 is 0. The third-order valence-corrected chi connectivity index (χ3v) is 8.96. The Morgan fingerprint density at radius 1 is 1.07 bits per heavy atom. The summed E-state index contributed by atoms with van der Waals surface area (Å²) in [5.74, 6) is 0.742. The van der Waals surface area contributed by atoms with E-state index in [1.54, 1.807) is 29.0 Å². The van der Waals surface area contributed by atoms with Crippen LogP contribution in [0.25, 0.3) is 10.9 Å². The van der Waals surface area contributed by atoms with E-state index in [4.69, 9.17) is 4.98 Å². The van der Waals surface area contributed by atoms with Crippen LogP contribution in [-0.4, -0.2) is 63.6 Å². The first kappa shape index (κ1) is 28.3. The molecule has 3 atom stereocenters. The lowest BCUT2D eigenvalue weighted by Gasteiger charge is -2.37. The van der Waals surface area contributed by atoms with Crippen molar-refractivity contribution in [3.05, 3.63) is 59.9 Å². The number of hydrogen-bond acceptors (Lipinski definition) is 10. The van der Waals surface area contributed by atoms with E-state index in [0.717, 1.165) is 53.0 Å². The van der Waals surface area contributed by atoms with Crippen molar-refractivity contribution in [2.45, 2.75) is 44.7 Å². The fraction of sp³-hybridized carbons (Fsp3) is 0.344. The van der Waals surface area contributed by atoms with Crippen molar-refractivity contribution in [2.75, 3.05) is 40.6 Å². The number of aromatic nitrogens is 4. The number of carbonyl (C=O) groups excluding carboxylic acids is 3. The van der Waals surface area contributed by atoms with E-state index in [1.165, 1.54) is 0 Å². The third-order valence-electron chi connectivity index (χ3n) is 8.96. The number of nitriles is 1. The first-order valence-electron chi connectivity index (χ1n) is 15.0. The van der Waals surface area contributed by atoms with Crippen molar-refractivity contribution < 1.29 is 14.4 Å². The SMILES string of the molecule is C[C@@H]1CN(c2ncc(C#N)c(Nc3ccc4c(c3)CC(=O)N4C)n2)CC[C@H]1Nc1ccc2c(cnn2C2CCC(=O)NC2=O)c1. The van der Waals surface area contributed by atoms with Gasteiger partial charge in [-0.25, -0.2) is 4.98 Å². The molecule has 45 heavy (non-hydrogen) atoms. The zero-order chi connectivity index (χ0) is 31.2. The summed E-state index contributed by atoms with van der Waals surface area (Å²) in [4.78, 5) is 49.1. The van der Waals surface area contributed by atoms with Crippen LogP contribution in [0, 0.1) is 17.2 Å². The molecule has 0 saturated carbocycles. The van der Waals surface area contributed by atoms with Crippen LogP contribution in [0.2, 0.25) is 0 Å². The number of likely N-dealkylation sites (N-methyl/N-ethyl adjacent to an activating group) is 1. The van der Waals surface area contributed by atoms with E-state index in [0.29, 0.717) is 36.6 Å². The van der Waals surface area contributed by atoms with Gasteiger partial charge in [0.15, 0.2) is 5.82 Å². The molecule has 2 fully saturated rings. The zero-order valence-electron chi connectivity index (χ0n) is 24.9. The minimum absolute atomic E-state index is 0.0534. The molecule has 0 radical (unpaired) electrons. The number of nitrogens with zero attached hydrogens (tertiary/aromatic N) is 7. The number of amides is 3. The zero-order valence-corrected chi connectivity index (χ0v) is 24.9. The van der Waals surface area contributed by atoms with Crippen LogP contribution in [0.4, 0.5) is 28.8 Å². The van der Waals surface area contributed by atoms with Crippen LogP contribution in [-0.2, 0) is 20.8 Å². The van der Waals surface area contributed by atoms with E-state index in [9.17, 15) is 19.6 Å². The van der Waals surface area contributed by atoms with E-state index in [1.807, 2.05) is 36.4 Å². The Hall–Kier alpha value is -5.51. The highest BCUT2D eigenvalue weighted by Crippen LogP contribution is 2.32. The number of fused-ring (bicyclic) bond motifs is 2. The van der Waals surface area contributed by atoms with Crippen molar-refractivity contribution >= 4 is 57.5 Å². The summed E-state index contributed by atoms with van der Waals surface area (Å²) in [5, 5.41) is 24.4. The van der Waals surface area contributed by atoms with Gasteiger partial charge in [-0.15, -0.1) is 0 Å². The fourth-order valence-corrected chi connectivity index (χ4v) is 6.45. The van der Waals surface area contributed by atoms with Crippen LogP contribution < -0.4 is 25.8 Å². The topological polar surface area (TPSA) is 161 Å². The summed E-state index contributed by atoms with van der Waals surface area (Å²) in [5.41, 5.74) is 4.75. The lowest BCUT2D eigenvalue weighted by molar-refractivity contribution is -0.135. The second kappa shape index (κ2) is 11.2. The van der Waals surface area contributed by atoms with Gasteiger partial charge in [0.25, 0.3) is 5.91 Å². The maximum Gasteiger partial charge on any atom is 0.251 e. The van der Waals surface area contributed by atoms with Gasteiger partial charge in [0.05, 0.1) is 24.3 Å². The molecule has 3 N–H and O–H groups in total. The fourth-order valence-electron chi connectivity index (χ4n) is 6.45. The van der Waals surface area contributed by atoms with E-state index in [2.05, 4.69) is 43.9 Å². The number of imide groups is 1. The molecular formula is C32H32N10O3. The number of carbonyl (C=O) groups is 3. The van der Waals surface area contributed by atoms with E-state index < -0.39 is 6.04 Å². The Balaban J connectivity index is 1.02. The smallest absolute Gasteiger partial charge is 0.251 e. The number of benzene rings is 2. The molecule has 0 aliphatic carbocycles. The third kappa shape index (κ3) is 5.28. The predicted molar refractivity (Wildman–Crippen MR) is 168 cm³/mol. The Morgan fingerprint density at radius 2 is 1.91 bits per heavy atom. The molecular weight excluding hydrogens is 572 g/mol. The van der Waals surface area contributed by atoms with Crippen molar-refractivity contribution in [3.63, 3.8) is 0 Å². The number of hydrogen-bond donors (Lipinski definition) is 3. The van der Waals surface area contributed by atoms with Gasteiger partial charge in [0.1, 0.15) is 17.7 Å². The van der Waals surface area contributed by atoms with Gasteiger partial charge in [0, 0.05) is 55.0 Å². The molecule has 4 aromatic rings. The minimum atomic E-state index is -0.496. The summed E-state index contributed by atoms with van der Waals surface area (Å²) in [6, 6.07) is 13.6. The molecule has 13 nitrogen and oxygen atoms in total. The van der Waals surface area contributed by atoms with Crippen LogP contribution in [0.1, 0.15) is 43.4 Å². The van der Waals surface area contributed by atoms with Gasteiger partial charge in [-0.1, -0.05) is 6.92 Å². The average molecular weight is 605 g/mol. The number of piperidine rings is 2. The summed E-state index contributed by atoms with van der Waals surface area (Å²) in [6.45, 7) is 3.65. The van der Waals surface area contributed by atoms with Crippen LogP contribution in [0.15, 0.2) is 48.8 Å². The molecule has 7 rings (SSSR count). The van der Waals surface area contributed by atoms with Crippen molar-refractivity contribution in [1.29, 1.82) is 5.26 Å². The first-order chi connectivity index (χ1) is 21.8. The number of anilines is 5. The Kier molecular flexibility index (Phi) is 7.04.